The first-order valence-electron chi connectivity index (χ1n) is 9.89. The summed E-state index contributed by atoms with van der Waals surface area (Å²) in [6.45, 7) is 2.22. The van der Waals surface area contributed by atoms with Crippen LogP contribution in [0.5, 0.6) is 0 Å². The number of ether oxygens (including phenoxy) is 1. The predicted molar refractivity (Wildman–Crippen MR) is 116 cm³/mol. The van der Waals surface area contributed by atoms with Gasteiger partial charge in [0, 0.05) is 11.8 Å². The summed E-state index contributed by atoms with van der Waals surface area (Å²) in [7, 11) is 0. The van der Waals surface area contributed by atoms with Gasteiger partial charge in [0.15, 0.2) is 23.1 Å². The Hall–Kier alpha value is -4.28. The number of rotatable bonds is 4. The van der Waals surface area contributed by atoms with Gasteiger partial charge in [0.1, 0.15) is 23.3 Å². The van der Waals surface area contributed by atoms with Crippen LogP contribution < -0.4 is 16.4 Å². The van der Waals surface area contributed by atoms with Crippen LogP contribution in [-0.4, -0.2) is 43.5 Å². The standard InChI is InChI=1S/C21H19FN8O2/c1-11-9-29(21(31)32-11)16-17(23)26-19(27-18(16)24)15-13-6-4-8-25-20(13)30(28-15)10-12-5-2-3-7-14(12)22/h2-8,11H,9-10H2,1H3,(H4,23,24,26,27). The number of nitrogens with two attached hydrogens (primary N) is 2. The summed E-state index contributed by atoms with van der Waals surface area (Å²) in [6.07, 6.45) is 0.763. The Kier molecular flexibility index (Phi) is 4.58. The molecule has 3 aromatic heterocycles. The Labute approximate surface area is 181 Å². The van der Waals surface area contributed by atoms with Gasteiger partial charge in [-0.1, -0.05) is 18.2 Å². The van der Waals surface area contributed by atoms with Gasteiger partial charge in [-0.3, -0.25) is 4.90 Å². The number of hydrogen-bond acceptors (Lipinski definition) is 8. The van der Waals surface area contributed by atoms with Crippen molar-refractivity contribution in [3.05, 3.63) is 54.0 Å². The summed E-state index contributed by atoms with van der Waals surface area (Å²) < 4.78 is 20.9. The smallest absolute Gasteiger partial charge is 0.414 e. The average molecular weight is 434 g/mol. The maximum absolute atomic E-state index is 14.2. The maximum atomic E-state index is 14.2. The van der Waals surface area contributed by atoms with Crippen molar-refractivity contribution in [3.8, 4) is 11.5 Å². The summed E-state index contributed by atoms with van der Waals surface area (Å²) >= 11 is 0. The minimum atomic E-state index is -0.559. The summed E-state index contributed by atoms with van der Waals surface area (Å²) in [5, 5.41) is 5.24. The van der Waals surface area contributed by atoms with E-state index in [9.17, 15) is 9.18 Å². The molecule has 162 valence electrons. The van der Waals surface area contributed by atoms with Crippen molar-refractivity contribution in [3.63, 3.8) is 0 Å². The van der Waals surface area contributed by atoms with Gasteiger partial charge < -0.3 is 16.2 Å². The number of nitrogens with zero attached hydrogens (tertiary/aromatic N) is 6. The van der Waals surface area contributed by atoms with Gasteiger partial charge in [0.25, 0.3) is 0 Å². The normalized spacial score (nSPS) is 16.0. The number of anilines is 3. The molecule has 1 aliphatic rings. The van der Waals surface area contributed by atoms with Crippen molar-refractivity contribution in [2.45, 2.75) is 19.6 Å². The van der Waals surface area contributed by atoms with Crippen molar-refractivity contribution >= 4 is 34.4 Å². The molecule has 4 heterocycles. The first kappa shape index (κ1) is 19.7. The molecule has 1 aromatic carbocycles. The molecule has 0 radical (unpaired) electrons. The number of carbonyl (C=O) groups is 1. The number of carbonyl (C=O) groups excluding carboxylic acids is 1. The summed E-state index contributed by atoms with van der Waals surface area (Å²) in [5.41, 5.74) is 13.9. The number of aromatic nitrogens is 5. The Morgan fingerprint density at radius 2 is 1.91 bits per heavy atom. The average Bonchev–Trinajstić information content (AvgIpc) is 3.29. The van der Waals surface area contributed by atoms with Gasteiger partial charge in [-0.25, -0.2) is 28.8 Å². The van der Waals surface area contributed by atoms with E-state index in [1.807, 2.05) is 6.07 Å². The Morgan fingerprint density at radius 3 is 2.59 bits per heavy atom. The summed E-state index contributed by atoms with van der Waals surface area (Å²) in [6, 6.07) is 10.0. The number of halogens is 1. The highest BCUT2D eigenvalue weighted by Crippen LogP contribution is 2.34. The lowest BCUT2D eigenvalue weighted by molar-refractivity contribution is 0.150. The van der Waals surface area contributed by atoms with Crippen LogP contribution in [0.4, 0.5) is 26.5 Å². The number of benzene rings is 1. The maximum Gasteiger partial charge on any atom is 0.414 e. The molecular formula is C21H19FN8O2. The lowest BCUT2D eigenvalue weighted by Crippen LogP contribution is -2.27. The molecule has 1 saturated heterocycles. The topological polar surface area (TPSA) is 138 Å². The highest BCUT2D eigenvalue weighted by molar-refractivity contribution is 5.97. The van der Waals surface area contributed by atoms with Gasteiger partial charge in [0.2, 0.25) is 0 Å². The fourth-order valence-corrected chi connectivity index (χ4v) is 3.73. The Morgan fingerprint density at radius 1 is 1.16 bits per heavy atom. The molecule has 1 unspecified atom stereocenters. The molecule has 4 aromatic rings. The van der Waals surface area contributed by atoms with Crippen molar-refractivity contribution in [2.75, 3.05) is 22.9 Å². The molecule has 0 saturated carbocycles. The molecule has 0 aliphatic carbocycles. The van der Waals surface area contributed by atoms with Crippen LogP contribution in [0.2, 0.25) is 0 Å². The van der Waals surface area contributed by atoms with E-state index in [0.717, 1.165) is 0 Å². The molecule has 4 N–H and O–H groups in total. The van der Waals surface area contributed by atoms with Crippen LogP contribution in [0.3, 0.4) is 0 Å². The Bertz CT molecular complexity index is 1330. The monoisotopic (exact) mass is 434 g/mol. The predicted octanol–water partition coefficient (Wildman–Crippen LogP) is 2.59. The molecule has 1 atom stereocenters. The second-order valence-electron chi connectivity index (χ2n) is 7.44. The number of cyclic esters (lactones) is 1. The van der Waals surface area contributed by atoms with E-state index in [1.165, 1.54) is 11.0 Å². The zero-order valence-electron chi connectivity index (χ0n) is 17.1. The highest BCUT2D eigenvalue weighted by atomic mass is 19.1. The Balaban J connectivity index is 1.60. The molecule has 0 bridgehead atoms. The molecular weight excluding hydrogens is 415 g/mol. The molecule has 11 heteroatoms. The fraction of sp³-hybridized carbons (Fsp3) is 0.190. The lowest BCUT2D eigenvalue weighted by Gasteiger charge is -2.16. The minimum Gasteiger partial charge on any atom is -0.444 e. The first-order valence-corrected chi connectivity index (χ1v) is 9.89. The molecule has 1 fully saturated rings. The van der Waals surface area contributed by atoms with Gasteiger partial charge in [0.05, 0.1) is 18.5 Å². The third-order valence-corrected chi connectivity index (χ3v) is 5.17. The molecule has 1 amide bonds. The van der Waals surface area contributed by atoms with Gasteiger partial charge in [-0.15, -0.1) is 0 Å². The largest absolute Gasteiger partial charge is 0.444 e. The molecule has 5 rings (SSSR count). The van der Waals surface area contributed by atoms with Crippen LogP contribution in [-0.2, 0) is 11.3 Å². The van der Waals surface area contributed by atoms with E-state index in [-0.39, 0.29) is 41.6 Å². The van der Waals surface area contributed by atoms with E-state index < -0.39 is 6.09 Å². The quantitative estimate of drug-likeness (QED) is 0.500. The van der Waals surface area contributed by atoms with E-state index >= 15 is 0 Å². The van der Waals surface area contributed by atoms with Crippen molar-refractivity contribution < 1.29 is 13.9 Å². The molecule has 10 nitrogen and oxygen atoms in total. The number of amides is 1. The van der Waals surface area contributed by atoms with Crippen LogP contribution in [0.1, 0.15) is 12.5 Å². The van der Waals surface area contributed by atoms with Crippen molar-refractivity contribution in [2.24, 2.45) is 0 Å². The minimum absolute atomic E-state index is 0.0271. The zero-order valence-corrected chi connectivity index (χ0v) is 17.1. The number of nitrogen functional groups attached to an aromatic ring is 2. The lowest BCUT2D eigenvalue weighted by atomic mass is 10.2. The van der Waals surface area contributed by atoms with Crippen molar-refractivity contribution in [1.29, 1.82) is 0 Å². The van der Waals surface area contributed by atoms with E-state index in [4.69, 9.17) is 16.2 Å². The summed E-state index contributed by atoms with van der Waals surface area (Å²) in [4.78, 5) is 26.5. The SMILES string of the molecule is CC1CN(c2c(N)nc(-c3nn(Cc4ccccc4F)c4ncccc34)nc2N)C(=O)O1. The third kappa shape index (κ3) is 3.23. The second kappa shape index (κ2) is 7.45. The number of fused-ring (bicyclic) bond motifs is 1. The summed E-state index contributed by atoms with van der Waals surface area (Å²) in [5.74, 6) is -0.109. The first-order chi connectivity index (χ1) is 15.4. The molecule has 0 spiro atoms. The fourth-order valence-electron chi connectivity index (χ4n) is 3.73. The number of hydrogen-bond donors (Lipinski definition) is 2. The van der Waals surface area contributed by atoms with E-state index in [2.05, 4.69) is 20.1 Å². The van der Waals surface area contributed by atoms with Crippen LogP contribution in [0.25, 0.3) is 22.6 Å². The van der Waals surface area contributed by atoms with Crippen LogP contribution >= 0.6 is 0 Å². The molecule has 32 heavy (non-hydrogen) atoms. The van der Waals surface area contributed by atoms with Crippen molar-refractivity contribution in [1.82, 2.24) is 24.7 Å². The second-order valence-corrected chi connectivity index (χ2v) is 7.44. The third-order valence-electron chi connectivity index (χ3n) is 5.17. The zero-order chi connectivity index (χ0) is 22.4. The number of pyridine rings is 1. The molecule has 1 aliphatic heterocycles. The van der Waals surface area contributed by atoms with Crippen LogP contribution in [0.15, 0.2) is 42.6 Å². The van der Waals surface area contributed by atoms with Gasteiger partial charge in [-0.2, -0.15) is 5.10 Å². The van der Waals surface area contributed by atoms with Gasteiger partial charge >= 0.3 is 6.09 Å². The van der Waals surface area contributed by atoms with Gasteiger partial charge in [-0.05, 0) is 25.1 Å². The highest BCUT2D eigenvalue weighted by Gasteiger charge is 2.33. The van der Waals surface area contributed by atoms with Crippen LogP contribution in [0, 0.1) is 5.82 Å². The van der Waals surface area contributed by atoms with E-state index in [1.54, 1.807) is 42.1 Å². The van der Waals surface area contributed by atoms with E-state index in [0.29, 0.717) is 28.8 Å².